The third-order valence-electron chi connectivity index (χ3n) is 3.05. The van der Waals surface area contributed by atoms with Gasteiger partial charge in [0.1, 0.15) is 0 Å². The molecule has 0 aliphatic carbocycles. The predicted octanol–water partition coefficient (Wildman–Crippen LogP) is 1.16. The van der Waals surface area contributed by atoms with Crippen LogP contribution in [0.1, 0.15) is 33.1 Å². The summed E-state index contributed by atoms with van der Waals surface area (Å²) in [5.41, 5.74) is 5.10. The average Bonchev–Trinajstić information content (AvgIpc) is 2.47. The highest BCUT2D eigenvalue weighted by molar-refractivity contribution is 5.85. The first kappa shape index (κ1) is 12.7. The van der Waals surface area contributed by atoms with Gasteiger partial charge in [0.15, 0.2) is 0 Å². The van der Waals surface area contributed by atoms with Crippen LogP contribution in [0.5, 0.6) is 0 Å². The molecule has 1 atom stereocenters. The Morgan fingerprint density at radius 1 is 1.54 bits per heavy atom. The van der Waals surface area contributed by atoms with Crippen LogP contribution in [0.2, 0.25) is 0 Å². The van der Waals surface area contributed by atoms with Crippen molar-refractivity contribution >= 4 is 18.3 Å². The second-order valence-electron chi connectivity index (χ2n) is 3.43. The predicted molar refractivity (Wildman–Crippen MR) is 55.9 cm³/mol. The van der Waals surface area contributed by atoms with E-state index in [9.17, 15) is 4.79 Å². The number of hydrogen-bond donors (Lipinski definition) is 1. The summed E-state index contributed by atoms with van der Waals surface area (Å²) in [7, 11) is 0. The summed E-state index contributed by atoms with van der Waals surface area (Å²) in [6, 6.07) is 0. The van der Waals surface area contributed by atoms with Crippen molar-refractivity contribution in [1.82, 2.24) is 4.90 Å². The number of carbonyl (C=O) groups excluding carboxylic acids is 1. The minimum absolute atomic E-state index is 0. The zero-order valence-electron chi connectivity index (χ0n) is 8.38. The van der Waals surface area contributed by atoms with Crippen molar-refractivity contribution in [2.24, 2.45) is 5.73 Å². The molecular weight excluding hydrogens is 188 g/mol. The molecule has 1 heterocycles. The Bertz CT molecular complexity index is 186. The summed E-state index contributed by atoms with van der Waals surface area (Å²) in [6.45, 7) is 6.07. The summed E-state index contributed by atoms with van der Waals surface area (Å²) in [5, 5.41) is 0. The molecule has 0 bridgehead atoms. The Labute approximate surface area is 86.1 Å². The van der Waals surface area contributed by atoms with Crippen LogP contribution in [-0.4, -0.2) is 29.4 Å². The quantitative estimate of drug-likeness (QED) is 0.754. The number of primary amides is 1. The van der Waals surface area contributed by atoms with Gasteiger partial charge in [0, 0.05) is 0 Å². The molecule has 1 aliphatic rings. The van der Waals surface area contributed by atoms with Crippen LogP contribution in [0, 0.1) is 0 Å². The van der Waals surface area contributed by atoms with E-state index < -0.39 is 0 Å². The van der Waals surface area contributed by atoms with Gasteiger partial charge in [-0.15, -0.1) is 12.4 Å². The van der Waals surface area contributed by atoms with Crippen molar-refractivity contribution in [1.29, 1.82) is 0 Å². The van der Waals surface area contributed by atoms with Crippen LogP contribution >= 0.6 is 12.4 Å². The van der Waals surface area contributed by atoms with E-state index in [1.165, 1.54) is 0 Å². The molecule has 13 heavy (non-hydrogen) atoms. The molecule has 0 saturated carbocycles. The fourth-order valence-corrected chi connectivity index (χ4v) is 2.25. The normalized spacial score (nSPS) is 28.5. The molecule has 0 aromatic carbocycles. The van der Waals surface area contributed by atoms with Crippen LogP contribution in [-0.2, 0) is 4.79 Å². The molecule has 0 radical (unpaired) electrons. The van der Waals surface area contributed by atoms with Gasteiger partial charge >= 0.3 is 0 Å². The Hall–Kier alpha value is -0.280. The van der Waals surface area contributed by atoms with Crippen LogP contribution in [0.3, 0.4) is 0 Å². The van der Waals surface area contributed by atoms with Crippen molar-refractivity contribution in [2.45, 2.75) is 38.6 Å². The molecule has 78 valence electrons. The number of carbonyl (C=O) groups is 1. The molecule has 1 unspecified atom stereocenters. The van der Waals surface area contributed by atoms with E-state index in [-0.39, 0.29) is 23.9 Å². The number of likely N-dealkylation sites (tertiary alicyclic amines) is 1. The Balaban J connectivity index is 0.00000144. The van der Waals surface area contributed by atoms with Gasteiger partial charge in [-0.2, -0.15) is 0 Å². The van der Waals surface area contributed by atoms with Crippen molar-refractivity contribution < 1.29 is 4.79 Å². The number of hydrogen-bond acceptors (Lipinski definition) is 2. The highest BCUT2D eigenvalue weighted by atomic mass is 35.5. The number of likely N-dealkylation sites (N-methyl/N-ethyl adjacent to an activating group) is 1. The Morgan fingerprint density at radius 3 is 2.46 bits per heavy atom. The molecule has 1 amide bonds. The number of halogens is 1. The van der Waals surface area contributed by atoms with Gasteiger partial charge in [0.2, 0.25) is 5.91 Å². The molecular formula is C9H19ClN2O. The lowest BCUT2D eigenvalue weighted by Crippen LogP contribution is -2.53. The first-order chi connectivity index (χ1) is 5.67. The maximum Gasteiger partial charge on any atom is 0.237 e. The van der Waals surface area contributed by atoms with Crippen molar-refractivity contribution in [2.75, 3.05) is 13.1 Å². The van der Waals surface area contributed by atoms with Crippen LogP contribution in [0.15, 0.2) is 0 Å². The molecule has 1 saturated heterocycles. The molecule has 1 rings (SSSR count). The first-order valence-corrected chi connectivity index (χ1v) is 4.72. The fraction of sp³-hybridized carbons (Fsp3) is 0.889. The highest BCUT2D eigenvalue weighted by Crippen LogP contribution is 2.31. The van der Waals surface area contributed by atoms with Gasteiger partial charge in [0.05, 0.1) is 5.54 Å². The van der Waals surface area contributed by atoms with Crippen molar-refractivity contribution in [3.63, 3.8) is 0 Å². The summed E-state index contributed by atoms with van der Waals surface area (Å²) in [4.78, 5) is 13.5. The topological polar surface area (TPSA) is 46.3 Å². The molecule has 0 aromatic rings. The van der Waals surface area contributed by atoms with Crippen molar-refractivity contribution in [3.05, 3.63) is 0 Å². The summed E-state index contributed by atoms with van der Waals surface area (Å²) < 4.78 is 0. The number of nitrogens with two attached hydrogens (primary N) is 1. The number of rotatable bonds is 3. The minimum Gasteiger partial charge on any atom is -0.368 e. The molecule has 1 aliphatic heterocycles. The van der Waals surface area contributed by atoms with Gasteiger partial charge in [-0.25, -0.2) is 0 Å². The van der Waals surface area contributed by atoms with E-state index in [0.29, 0.717) is 0 Å². The molecule has 3 nitrogen and oxygen atoms in total. The van der Waals surface area contributed by atoms with E-state index >= 15 is 0 Å². The molecule has 0 aromatic heterocycles. The SMILES string of the molecule is CCN1CCCC1(CC)C(N)=O.Cl. The van der Waals surface area contributed by atoms with Gasteiger partial charge in [-0.3, -0.25) is 9.69 Å². The van der Waals surface area contributed by atoms with Crippen LogP contribution < -0.4 is 5.73 Å². The van der Waals surface area contributed by atoms with E-state index in [2.05, 4.69) is 11.8 Å². The number of nitrogens with zero attached hydrogens (tertiary/aromatic N) is 1. The Kier molecular flexibility index (Phi) is 4.71. The zero-order valence-corrected chi connectivity index (χ0v) is 9.19. The van der Waals surface area contributed by atoms with Gasteiger partial charge in [-0.1, -0.05) is 13.8 Å². The maximum atomic E-state index is 11.3. The largest absolute Gasteiger partial charge is 0.368 e. The smallest absolute Gasteiger partial charge is 0.237 e. The van der Waals surface area contributed by atoms with E-state index in [0.717, 1.165) is 32.4 Å². The average molecular weight is 207 g/mol. The number of amides is 1. The van der Waals surface area contributed by atoms with Gasteiger partial charge in [0.25, 0.3) is 0 Å². The van der Waals surface area contributed by atoms with Gasteiger partial charge in [-0.05, 0) is 32.4 Å². The van der Waals surface area contributed by atoms with Crippen LogP contribution in [0.4, 0.5) is 0 Å². The highest BCUT2D eigenvalue weighted by Gasteiger charge is 2.43. The van der Waals surface area contributed by atoms with E-state index in [1.54, 1.807) is 0 Å². The second kappa shape index (κ2) is 4.82. The lowest BCUT2D eigenvalue weighted by Gasteiger charge is -2.33. The Morgan fingerprint density at radius 2 is 2.15 bits per heavy atom. The lowest BCUT2D eigenvalue weighted by molar-refractivity contribution is -0.128. The van der Waals surface area contributed by atoms with Crippen LogP contribution in [0.25, 0.3) is 0 Å². The summed E-state index contributed by atoms with van der Waals surface area (Å²) in [6.07, 6.45) is 2.88. The third kappa shape index (κ3) is 1.97. The third-order valence-corrected chi connectivity index (χ3v) is 3.05. The minimum atomic E-state index is -0.325. The van der Waals surface area contributed by atoms with Gasteiger partial charge < -0.3 is 5.73 Å². The maximum absolute atomic E-state index is 11.3. The molecule has 1 fully saturated rings. The van der Waals surface area contributed by atoms with E-state index in [1.807, 2.05) is 6.92 Å². The monoisotopic (exact) mass is 206 g/mol. The first-order valence-electron chi connectivity index (χ1n) is 4.72. The second-order valence-corrected chi connectivity index (χ2v) is 3.43. The summed E-state index contributed by atoms with van der Waals surface area (Å²) >= 11 is 0. The van der Waals surface area contributed by atoms with E-state index in [4.69, 9.17) is 5.73 Å². The molecule has 2 N–H and O–H groups in total. The molecule has 0 spiro atoms. The lowest BCUT2D eigenvalue weighted by atomic mass is 9.92. The standard InChI is InChI=1S/C9H18N2O.ClH/c1-3-9(8(10)12)6-5-7-11(9)4-2;/h3-7H2,1-2H3,(H2,10,12);1H. The zero-order chi connectivity index (χ0) is 9.19. The molecule has 4 heteroatoms. The van der Waals surface area contributed by atoms with Crippen molar-refractivity contribution in [3.8, 4) is 0 Å². The summed E-state index contributed by atoms with van der Waals surface area (Å²) in [5.74, 6) is -0.149. The fourth-order valence-electron chi connectivity index (χ4n) is 2.25.